The van der Waals surface area contributed by atoms with Gasteiger partial charge in [-0.3, -0.25) is 4.79 Å². The number of carbonyl (C=O) groups is 1. The van der Waals surface area contributed by atoms with Gasteiger partial charge in [-0.25, -0.2) is 0 Å². The van der Waals surface area contributed by atoms with Crippen LogP contribution in [-0.4, -0.2) is 5.91 Å². The molecular weight excluding hydrogens is 553 g/mol. The van der Waals surface area contributed by atoms with Gasteiger partial charge in [-0.1, -0.05) is 31.9 Å². The van der Waals surface area contributed by atoms with Gasteiger partial charge < -0.3 is 5.32 Å². The second-order valence-corrected chi connectivity index (χ2v) is 7.55. The zero-order valence-corrected chi connectivity index (χ0v) is 16.3. The molecule has 6 heteroatoms. The molecule has 0 aromatic heterocycles. The van der Waals surface area contributed by atoms with Gasteiger partial charge in [0.1, 0.15) is 0 Å². The van der Waals surface area contributed by atoms with Gasteiger partial charge in [-0.2, -0.15) is 0 Å². The molecule has 0 saturated heterocycles. The van der Waals surface area contributed by atoms with Crippen molar-refractivity contribution >= 4 is 82.0 Å². The Morgan fingerprint density at radius 1 is 1.00 bits per heavy atom. The molecule has 0 aliphatic heterocycles. The molecule has 0 spiro atoms. The SMILES string of the molecule is O=C(Nc1cc(Br)ccc1I)c1ccc(Br)cc1Br. The van der Waals surface area contributed by atoms with E-state index in [0.717, 1.165) is 22.7 Å². The summed E-state index contributed by atoms with van der Waals surface area (Å²) in [6.07, 6.45) is 0. The van der Waals surface area contributed by atoms with E-state index in [0.29, 0.717) is 5.56 Å². The first-order valence-electron chi connectivity index (χ1n) is 5.19. The van der Waals surface area contributed by atoms with E-state index in [1.165, 1.54) is 0 Å². The summed E-state index contributed by atoms with van der Waals surface area (Å²) in [4.78, 5) is 12.2. The van der Waals surface area contributed by atoms with Crippen LogP contribution in [0.15, 0.2) is 49.8 Å². The van der Waals surface area contributed by atoms with Crippen molar-refractivity contribution in [3.63, 3.8) is 0 Å². The van der Waals surface area contributed by atoms with E-state index in [1.807, 2.05) is 30.3 Å². The molecule has 0 aliphatic rings. The second kappa shape index (κ2) is 6.69. The normalized spacial score (nSPS) is 10.3. The van der Waals surface area contributed by atoms with Crippen LogP contribution >= 0.6 is 70.4 Å². The molecule has 1 N–H and O–H groups in total. The fourth-order valence-corrected chi connectivity index (χ4v) is 3.52. The van der Waals surface area contributed by atoms with Crippen LogP contribution in [0.4, 0.5) is 5.69 Å². The largest absolute Gasteiger partial charge is 0.321 e. The number of hydrogen-bond donors (Lipinski definition) is 1. The van der Waals surface area contributed by atoms with Crippen LogP contribution in [0.2, 0.25) is 0 Å². The lowest BCUT2D eigenvalue weighted by molar-refractivity contribution is 0.102. The Hall–Kier alpha value is 0.0800. The molecule has 0 unspecified atom stereocenters. The van der Waals surface area contributed by atoms with Gasteiger partial charge in [-0.15, -0.1) is 0 Å². The lowest BCUT2D eigenvalue weighted by Gasteiger charge is -2.09. The molecule has 0 aliphatic carbocycles. The monoisotopic (exact) mass is 557 g/mol. The molecule has 0 atom stereocenters. The van der Waals surface area contributed by atoms with E-state index in [4.69, 9.17) is 0 Å². The number of carbonyl (C=O) groups excluding carboxylic acids is 1. The molecule has 0 heterocycles. The molecule has 2 aromatic carbocycles. The van der Waals surface area contributed by atoms with E-state index in [2.05, 4.69) is 75.7 Å². The summed E-state index contributed by atoms with van der Waals surface area (Å²) in [7, 11) is 0. The number of rotatable bonds is 2. The van der Waals surface area contributed by atoms with E-state index in [1.54, 1.807) is 6.07 Å². The van der Waals surface area contributed by atoms with Crippen molar-refractivity contribution in [3.05, 3.63) is 58.9 Å². The first-order valence-corrected chi connectivity index (χ1v) is 8.64. The van der Waals surface area contributed by atoms with Gasteiger partial charge in [0.25, 0.3) is 5.91 Å². The molecule has 0 bridgehead atoms. The molecule has 2 aromatic rings. The van der Waals surface area contributed by atoms with Crippen LogP contribution < -0.4 is 5.32 Å². The van der Waals surface area contributed by atoms with Crippen molar-refractivity contribution in [3.8, 4) is 0 Å². The van der Waals surface area contributed by atoms with E-state index < -0.39 is 0 Å². The fourth-order valence-electron chi connectivity index (χ4n) is 1.46. The second-order valence-electron chi connectivity index (χ2n) is 3.70. The average molecular weight is 560 g/mol. The molecule has 98 valence electrons. The summed E-state index contributed by atoms with van der Waals surface area (Å²) >= 11 is 12.3. The third-order valence-corrected chi connectivity index (χ3v) is 4.94. The van der Waals surface area contributed by atoms with Crippen molar-refractivity contribution in [2.24, 2.45) is 0 Å². The molecule has 19 heavy (non-hydrogen) atoms. The zero-order valence-electron chi connectivity index (χ0n) is 9.38. The number of anilines is 1. The number of benzene rings is 2. The first kappa shape index (κ1) is 15.5. The Bertz CT molecular complexity index is 646. The van der Waals surface area contributed by atoms with Crippen molar-refractivity contribution in [2.75, 3.05) is 5.32 Å². The first-order chi connectivity index (χ1) is 8.97. The topological polar surface area (TPSA) is 29.1 Å². The maximum atomic E-state index is 12.2. The Labute approximate surface area is 149 Å². The number of halogens is 4. The number of nitrogens with one attached hydrogen (secondary N) is 1. The molecule has 1 amide bonds. The van der Waals surface area contributed by atoms with Gasteiger partial charge >= 0.3 is 0 Å². The summed E-state index contributed by atoms with van der Waals surface area (Å²) in [5.41, 5.74) is 1.38. The predicted octanol–water partition coefficient (Wildman–Crippen LogP) is 5.83. The fraction of sp³-hybridized carbons (Fsp3) is 0. The number of hydrogen-bond acceptors (Lipinski definition) is 1. The van der Waals surface area contributed by atoms with E-state index in [9.17, 15) is 4.79 Å². The van der Waals surface area contributed by atoms with Gasteiger partial charge in [0.05, 0.1) is 11.3 Å². The summed E-state index contributed by atoms with van der Waals surface area (Å²) in [5.74, 6) is -0.143. The highest BCUT2D eigenvalue weighted by atomic mass is 127. The molecule has 2 nitrogen and oxygen atoms in total. The minimum Gasteiger partial charge on any atom is -0.321 e. The Morgan fingerprint density at radius 3 is 2.32 bits per heavy atom. The van der Waals surface area contributed by atoms with Gasteiger partial charge in [0, 0.05) is 17.0 Å². The summed E-state index contributed by atoms with van der Waals surface area (Å²) in [6.45, 7) is 0. The van der Waals surface area contributed by atoms with Crippen LogP contribution in [0.5, 0.6) is 0 Å². The third kappa shape index (κ3) is 4.03. The standard InChI is InChI=1S/C13H7Br3INO/c14-7-1-3-9(10(16)5-7)13(19)18-12-6-8(15)2-4-11(12)17/h1-6H,(H,18,19). The Kier molecular flexibility index (Phi) is 5.45. The van der Waals surface area contributed by atoms with Crippen LogP contribution in [0.25, 0.3) is 0 Å². The smallest absolute Gasteiger partial charge is 0.256 e. The minimum atomic E-state index is -0.143. The van der Waals surface area contributed by atoms with Crippen LogP contribution in [0, 0.1) is 3.57 Å². The van der Waals surface area contributed by atoms with Crippen LogP contribution in [-0.2, 0) is 0 Å². The highest BCUT2D eigenvalue weighted by molar-refractivity contribution is 14.1. The molecule has 0 saturated carbocycles. The summed E-state index contributed by atoms with van der Waals surface area (Å²) in [6, 6.07) is 11.2. The average Bonchev–Trinajstić information content (AvgIpc) is 2.33. The maximum absolute atomic E-state index is 12.2. The highest BCUT2D eigenvalue weighted by Crippen LogP contribution is 2.26. The lowest BCUT2D eigenvalue weighted by atomic mass is 10.2. The quantitative estimate of drug-likeness (QED) is 0.461. The molecular formula is C13H7Br3INO. The highest BCUT2D eigenvalue weighted by Gasteiger charge is 2.12. The van der Waals surface area contributed by atoms with Crippen LogP contribution in [0.1, 0.15) is 10.4 Å². The Morgan fingerprint density at radius 2 is 1.63 bits per heavy atom. The van der Waals surface area contributed by atoms with E-state index >= 15 is 0 Å². The van der Waals surface area contributed by atoms with Crippen molar-refractivity contribution in [1.29, 1.82) is 0 Å². The minimum absolute atomic E-state index is 0.143. The van der Waals surface area contributed by atoms with Gasteiger partial charge in [0.15, 0.2) is 0 Å². The summed E-state index contributed by atoms with van der Waals surface area (Å²) in [5, 5.41) is 2.91. The van der Waals surface area contributed by atoms with Crippen molar-refractivity contribution < 1.29 is 4.79 Å². The van der Waals surface area contributed by atoms with Gasteiger partial charge in [0.2, 0.25) is 0 Å². The molecule has 0 fully saturated rings. The van der Waals surface area contributed by atoms with E-state index in [-0.39, 0.29) is 5.91 Å². The predicted molar refractivity (Wildman–Crippen MR) is 96.7 cm³/mol. The Balaban J connectivity index is 2.28. The third-order valence-electron chi connectivity index (χ3n) is 2.35. The van der Waals surface area contributed by atoms with Crippen molar-refractivity contribution in [1.82, 2.24) is 0 Å². The van der Waals surface area contributed by atoms with Crippen molar-refractivity contribution in [2.45, 2.75) is 0 Å². The van der Waals surface area contributed by atoms with Crippen LogP contribution in [0.3, 0.4) is 0 Å². The molecule has 0 radical (unpaired) electrons. The number of amides is 1. The molecule has 2 rings (SSSR count). The maximum Gasteiger partial charge on any atom is 0.256 e. The summed E-state index contributed by atoms with van der Waals surface area (Å²) < 4.78 is 3.60. The van der Waals surface area contributed by atoms with Gasteiger partial charge in [-0.05, 0) is 74.9 Å². The lowest BCUT2D eigenvalue weighted by Crippen LogP contribution is -2.13. The zero-order chi connectivity index (χ0) is 14.0.